The molecule has 0 bridgehead atoms. The second kappa shape index (κ2) is 8.49. The number of rotatable bonds is 5. The lowest BCUT2D eigenvalue weighted by Crippen LogP contribution is -2.54. The molecule has 5 nitrogen and oxygen atoms in total. The Morgan fingerprint density at radius 2 is 1.76 bits per heavy atom. The normalized spacial score (nSPS) is 25.0. The number of hydrogen-bond donors (Lipinski definition) is 1. The number of anilines is 1. The maximum Gasteiger partial charge on any atom is 0.0479 e. The number of piperazine rings is 2. The molecule has 1 N–H and O–H groups in total. The van der Waals surface area contributed by atoms with Crippen LogP contribution in [0.2, 0.25) is 0 Å². The third kappa shape index (κ3) is 4.73. The first-order valence-corrected chi connectivity index (χ1v) is 9.69. The van der Waals surface area contributed by atoms with Crippen LogP contribution in [-0.4, -0.2) is 94.2 Å². The smallest absolute Gasteiger partial charge is 0.0479 e. The van der Waals surface area contributed by atoms with Gasteiger partial charge in [-0.1, -0.05) is 12.1 Å². The van der Waals surface area contributed by atoms with Crippen molar-refractivity contribution in [3.8, 4) is 0 Å². The molecule has 0 saturated carbocycles. The highest BCUT2D eigenvalue weighted by atomic mass is 15.3. The lowest BCUT2D eigenvalue weighted by atomic mass is 10.0. The Kier molecular flexibility index (Phi) is 6.34. The molecular formula is C20H35N5. The van der Waals surface area contributed by atoms with E-state index >= 15 is 0 Å². The van der Waals surface area contributed by atoms with E-state index in [-0.39, 0.29) is 0 Å². The Labute approximate surface area is 153 Å². The van der Waals surface area contributed by atoms with E-state index in [4.69, 9.17) is 0 Å². The molecule has 2 aliphatic heterocycles. The minimum Gasteiger partial charge on any atom is -0.378 e. The van der Waals surface area contributed by atoms with Crippen LogP contribution in [0.5, 0.6) is 0 Å². The van der Waals surface area contributed by atoms with E-state index in [2.05, 4.69) is 77.2 Å². The number of nitrogens with one attached hydrogen (secondary N) is 1. The van der Waals surface area contributed by atoms with Crippen molar-refractivity contribution in [3.05, 3.63) is 29.8 Å². The fraction of sp³-hybridized carbons (Fsp3) is 0.700. The van der Waals surface area contributed by atoms with E-state index in [1.54, 1.807) is 0 Å². The van der Waals surface area contributed by atoms with Crippen molar-refractivity contribution in [3.63, 3.8) is 0 Å². The minimum atomic E-state index is 0.483. The monoisotopic (exact) mass is 345 g/mol. The van der Waals surface area contributed by atoms with E-state index in [0.717, 1.165) is 26.2 Å². The van der Waals surface area contributed by atoms with Crippen LogP contribution in [0.3, 0.4) is 0 Å². The summed E-state index contributed by atoms with van der Waals surface area (Å²) in [5.74, 6) is 0. The molecule has 2 fully saturated rings. The highest BCUT2D eigenvalue weighted by Gasteiger charge is 2.29. The zero-order valence-electron chi connectivity index (χ0n) is 16.4. The topological polar surface area (TPSA) is 25.0 Å². The van der Waals surface area contributed by atoms with Gasteiger partial charge in [0.25, 0.3) is 0 Å². The van der Waals surface area contributed by atoms with Crippen molar-refractivity contribution < 1.29 is 0 Å². The first kappa shape index (κ1) is 18.6. The molecule has 2 heterocycles. The predicted molar refractivity (Wildman–Crippen MR) is 106 cm³/mol. The van der Waals surface area contributed by atoms with Gasteiger partial charge in [-0.25, -0.2) is 0 Å². The van der Waals surface area contributed by atoms with Gasteiger partial charge in [-0.05, 0) is 31.7 Å². The van der Waals surface area contributed by atoms with Gasteiger partial charge in [0.05, 0.1) is 0 Å². The Morgan fingerprint density at radius 1 is 1.08 bits per heavy atom. The summed E-state index contributed by atoms with van der Waals surface area (Å²) in [6.07, 6.45) is 0. The zero-order valence-corrected chi connectivity index (χ0v) is 16.4. The number of benzene rings is 1. The number of hydrogen-bond acceptors (Lipinski definition) is 5. The van der Waals surface area contributed by atoms with Crippen LogP contribution in [0.25, 0.3) is 0 Å². The summed E-state index contributed by atoms with van der Waals surface area (Å²) in [6.45, 7) is 11.6. The summed E-state index contributed by atoms with van der Waals surface area (Å²) < 4.78 is 0. The SMILES string of the molecule is CC1CNCCN1C(CN1CCN(C)CC1)c1ccc(N(C)C)cc1. The maximum absolute atomic E-state index is 3.54. The average molecular weight is 346 g/mol. The molecule has 5 heteroatoms. The summed E-state index contributed by atoms with van der Waals surface area (Å²) in [4.78, 5) is 9.97. The van der Waals surface area contributed by atoms with Gasteiger partial charge >= 0.3 is 0 Å². The molecule has 1 aromatic carbocycles. The fourth-order valence-corrected chi connectivity index (χ4v) is 3.99. The molecule has 2 atom stereocenters. The van der Waals surface area contributed by atoms with Crippen LogP contribution < -0.4 is 10.2 Å². The summed E-state index contributed by atoms with van der Waals surface area (Å²) >= 11 is 0. The molecule has 140 valence electrons. The number of likely N-dealkylation sites (N-methyl/N-ethyl adjacent to an activating group) is 1. The van der Waals surface area contributed by atoms with Crippen molar-refractivity contribution in [1.82, 2.24) is 20.0 Å². The van der Waals surface area contributed by atoms with Crippen LogP contribution in [0, 0.1) is 0 Å². The van der Waals surface area contributed by atoms with Gasteiger partial charge in [0.15, 0.2) is 0 Å². The van der Waals surface area contributed by atoms with Crippen LogP contribution in [0.4, 0.5) is 5.69 Å². The third-order valence-corrected chi connectivity index (χ3v) is 5.77. The molecular weight excluding hydrogens is 310 g/mol. The molecule has 0 radical (unpaired) electrons. The summed E-state index contributed by atoms with van der Waals surface area (Å²) in [7, 11) is 6.44. The van der Waals surface area contributed by atoms with Gasteiger partial charge in [-0.3, -0.25) is 9.80 Å². The molecule has 2 aliphatic rings. The number of nitrogens with zero attached hydrogens (tertiary/aromatic N) is 4. The van der Waals surface area contributed by atoms with Crippen LogP contribution >= 0.6 is 0 Å². The standard InChI is InChI=1S/C20H35N5/c1-17-15-21-9-10-25(17)20(16-24-13-11-23(4)12-14-24)18-5-7-19(8-6-18)22(2)3/h5-8,17,20-21H,9-16H2,1-4H3. The summed E-state index contributed by atoms with van der Waals surface area (Å²) in [5.41, 5.74) is 2.73. The summed E-state index contributed by atoms with van der Waals surface area (Å²) in [5, 5.41) is 3.54. The van der Waals surface area contributed by atoms with Gasteiger partial charge in [-0.15, -0.1) is 0 Å². The van der Waals surface area contributed by atoms with Gasteiger partial charge < -0.3 is 15.1 Å². The molecule has 0 spiro atoms. The molecule has 0 amide bonds. The van der Waals surface area contributed by atoms with Gasteiger partial charge in [0.2, 0.25) is 0 Å². The molecule has 3 rings (SSSR count). The minimum absolute atomic E-state index is 0.483. The highest BCUT2D eigenvalue weighted by Crippen LogP contribution is 2.27. The predicted octanol–water partition coefficient (Wildman–Crippen LogP) is 1.33. The second-order valence-electron chi connectivity index (χ2n) is 7.90. The Bertz CT molecular complexity index is 521. The zero-order chi connectivity index (χ0) is 17.8. The van der Waals surface area contributed by atoms with Gasteiger partial charge in [0, 0.05) is 84.2 Å². The van der Waals surface area contributed by atoms with Crippen molar-refractivity contribution in [2.45, 2.75) is 19.0 Å². The first-order valence-electron chi connectivity index (χ1n) is 9.69. The Hall–Kier alpha value is -1.14. The molecule has 2 unspecified atom stereocenters. The van der Waals surface area contributed by atoms with Crippen LogP contribution in [0.1, 0.15) is 18.5 Å². The molecule has 2 saturated heterocycles. The second-order valence-corrected chi connectivity index (χ2v) is 7.90. The average Bonchev–Trinajstić information content (AvgIpc) is 2.62. The largest absolute Gasteiger partial charge is 0.378 e. The van der Waals surface area contributed by atoms with Crippen LogP contribution in [0.15, 0.2) is 24.3 Å². The van der Waals surface area contributed by atoms with Gasteiger partial charge in [-0.2, -0.15) is 0 Å². The Morgan fingerprint density at radius 3 is 2.36 bits per heavy atom. The van der Waals surface area contributed by atoms with Gasteiger partial charge in [0.1, 0.15) is 0 Å². The fourth-order valence-electron chi connectivity index (χ4n) is 3.99. The van der Waals surface area contributed by atoms with Crippen molar-refractivity contribution in [2.24, 2.45) is 0 Å². The van der Waals surface area contributed by atoms with E-state index < -0.39 is 0 Å². The first-order chi connectivity index (χ1) is 12.0. The quantitative estimate of drug-likeness (QED) is 0.868. The highest BCUT2D eigenvalue weighted by molar-refractivity contribution is 5.46. The molecule has 25 heavy (non-hydrogen) atoms. The molecule has 0 aromatic heterocycles. The van der Waals surface area contributed by atoms with E-state index in [1.165, 1.54) is 37.4 Å². The Balaban J connectivity index is 1.78. The van der Waals surface area contributed by atoms with Crippen molar-refractivity contribution in [1.29, 1.82) is 0 Å². The summed E-state index contributed by atoms with van der Waals surface area (Å²) in [6, 6.07) is 10.3. The van der Waals surface area contributed by atoms with Crippen LogP contribution in [-0.2, 0) is 0 Å². The third-order valence-electron chi connectivity index (χ3n) is 5.77. The van der Waals surface area contributed by atoms with Crippen molar-refractivity contribution in [2.75, 3.05) is 78.4 Å². The van der Waals surface area contributed by atoms with Crippen molar-refractivity contribution >= 4 is 5.69 Å². The maximum atomic E-state index is 3.54. The molecule has 1 aromatic rings. The van der Waals surface area contributed by atoms with E-state index in [9.17, 15) is 0 Å². The van der Waals surface area contributed by atoms with E-state index in [0.29, 0.717) is 12.1 Å². The molecule has 0 aliphatic carbocycles. The lowest BCUT2D eigenvalue weighted by molar-refractivity contribution is 0.0662. The van der Waals surface area contributed by atoms with E-state index in [1.807, 2.05) is 0 Å². The lowest BCUT2D eigenvalue weighted by Gasteiger charge is -2.43.